The van der Waals surface area contributed by atoms with Crippen LogP contribution < -0.4 is 0 Å². The number of hydrogen-bond donors (Lipinski definition) is 1. The van der Waals surface area contributed by atoms with E-state index in [4.69, 9.17) is 0 Å². The summed E-state index contributed by atoms with van der Waals surface area (Å²) < 4.78 is 0. The van der Waals surface area contributed by atoms with Crippen LogP contribution >= 0.6 is 0 Å². The van der Waals surface area contributed by atoms with Gasteiger partial charge in [0, 0.05) is 0 Å². The van der Waals surface area contributed by atoms with Gasteiger partial charge in [0.25, 0.3) is 5.91 Å². The molecule has 1 aliphatic rings. The maximum atomic E-state index is 10.6. The molecule has 44 valence electrons. The van der Waals surface area contributed by atoms with Crippen LogP contribution in [0.25, 0.3) is 0 Å². The van der Waals surface area contributed by atoms with Gasteiger partial charge >= 0.3 is 1.43 Å². The van der Waals surface area contributed by atoms with E-state index in [1.165, 1.54) is 12.5 Å². The molecule has 1 amide bonds. The molecule has 0 saturated heterocycles. The van der Waals surface area contributed by atoms with E-state index in [9.17, 15) is 4.79 Å². The summed E-state index contributed by atoms with van der Waals surface area (Å²) in [5, 5.41) is 0. The Balaban J connectivity index is 0.000000500. The van der Waals surface area contributed by atoms with Crippen molar-refractivity contribution in [2.45, 2.75) is 0 Å². The smallest absolute Gasteiger partial charge is 0.343 e. The number of amides is 1. The maximum Gasteiger partial charge on any atom is 1.00 e. The topological polar surface area (TPSA) is 58.1 Å². The number of rotatable bonds is 0. The van der Waals surface area contributed by atoms with Crippen LogP contribution in [0.5, 0.6) is 0 Å². The van der Waals surface area contributed by atoms with Crippen molar-refractivity contribution in [2.24, 2.45) is 4.99 Å². The quantitative estimate of drug-likeness (QED) is 0.530. The summed E-state index contributed by atoms with van der Waals surface area (Å²) in [6.07, 6.45) is 2.96. The minimum atomic E-state index is -0.258. The van der Waals surface area contributed by atoms with Gasteiger partial charge in [0.15, 0.2) is 5.69 Å². The van der Waals surface area contributed by atoms with Crippen LogP contribution in [0.2, 0.25) is 0 Å². The van der Waals surface area contributed by atoms with E-state index in [0.717, 1.165) is 0 Å². The zero-order valence-corrected chi connectivity index (χ0v) is 4.46. The summed E-state index contributed by atoms with van der Waals surface area (Å²) in [4.78, 5) is 20.7. The minimum Gasteiger partial charge on any atom is -0.343 e. The highest BCUT2D eigenvalue weighted by molar-refractivity contribution is 6.10. The average Bonchev–Trinajstić information content (AvgIpc) is 2.35. The van der Waals surface area contributed by atoms with Gasteiger partial charge in [-0.2, -0.15) is 0 Å². The largest absolute Gasteiger partial charge is 1.00 e. The lowest BCUT2D eigenvalue weighted by Crippen LogP contribution is -1.89. The molecule has 0 aromatic carbocycles. The monoisotopic (exact) mass is 122 g/mol. The van der Waals surface area contributed by atoms with Crippen molar-refractivity contribution in [1.29, 1.82) is 0 Å². The molecule has 0 aliphatic carbocycles. The molecule has 0 unspecified atom stereocenters. The van der Waals surface area contributed by atoms with E-state index >= 15 is 0 Å². The predicted octanol–water partition coefficient (Wildman–Crippen LogP) is 0.0949. The maximum absolute atomic E-state index is 10.6. The van der Waals surface area contributed by atoms with Gasteiger partial charge in [-0.15, -0.1) is 0 Å². The van der Waals surface area contributed by atoms with Crippen molar-refractivity contribution < 1.29 is 6.22 Å². The van der Waals surface area contributed by atoms with Crippen LogP contribution in [0, 0.1) is 0 Å². The van der Waals surface area contributed by atoms with E-state index in [1.54, 1.807) is 0 Å². The number of nitrogens with zero attached hydrogens (tertiary/aromatic N) is 2. The van der Waals surface area contributed by atoms with Gasteiger partial charge in [-0.05, 0) is 0 Å². The number of aliphatic imine (C=N–C) groups is 1. The van der Waals surface area contributed by atoms with E-state index in [-0.39, 0.29) is 7.33 Å². The summed E-state index contributed by atoms with van der Waals surface area (Å²) >= 11 is 0. The van der Waals surface area contributed by atoms with Gasteiger partial charge in [-0.25, -0.2) is 9.98 Å². The lowest BCUT2D eigenvalue weighted by atomic mass is 10.4. The van der Waals surface area contributed by atoms with Crippen molar-refractivity contribution in [3.63, 3.8) is 0 Å². The molecule has 1 N–H and O–H groups in total. The molecule has 0 spiro atoms. The van der Waals surface area contributed by atoms with Gasteiger partial charge in [0.05, 0.1) is 18.2 Å². The normalized spacial score (nSPS) is 14.4. The predicted molar refractivity (Wildman–Crippen MR) is 31.6 cm³/mol. The second kappa shape index (κ2) is 1.28. The summed E-state index contributed by atoms with van der Waals surface area (Å²) in [7, 11) is 0. The molecule has 0 atom stereocenters. The fraction of sp³-hybridized carbons (Fsp3) is 0. The van der Waals surface area contributed by atoms with Crippen LogP contribution in [-0.2, 0) is 0 Å². The molecule has 2 heterocycles. The Morgan fingerprint density at radius 2 is 2.56 bits per heavy atom. The third-order valence-corrected chi connectivity index (χ3v) is 1.18. The Kier molecular flexibility index (Phi) is 0.631. The number of carbonyl (C=O) groups is 1. The van der Waals surface area contributed by atoms with E-state index in [0.29, 0.717) is 11.4 Å². The van der Waals surface area contributed by atoms with Crippen molar-refractivity contribution in [3.05, 3.63) is 17.7 Å². The van der Waals surface area contributed by atoms with Crippen molar-refractivity contribution in [1.82, 2.24) is 9.97 Å². The zero-order valence-electron chi connectivity index (χ0n) is 5.46. The lowest BCUT2D eigenvalue weighted by molar-refractivity contribution is 0.100. The van der Waals surface area contributed by atoms with E-state index in [2.05, 4.69) is 15.0 Å². The Hall–Kier alpha value is -1.45. The molecule has 0 saturated carbocycles. The summed E-state index contributed by atoms with van der Waals surface area (Å²) in [5.41, 5.74) is 1.13. The highest BCUT2D eigenvalue weighted by Crippen LogP contribution is 2.07. The minimum absolute atomic E-state index is 0. The molecule has 4 nitrogen and oxygen atoms in total. The van der Waals surface area contributed by atoms with Crippen molar-refractivity contribution in [3.8, 4) is 0 Å². The third-order valence-electron chi connectivity index (χ3n) is 1.18. The summed E-state index contributed by atoms with van der Waals surface area (Å²) in [5.74, 6) is -0.258. The Morgan fingerprint density at radius 1 is 1.67 bits per heavy atom. The first-order valence-electron chi connectivity index (χ1n) is 2.50. The standard InChI is InChI=1S/C5H3N3O/c9-5-4-3(1-6-5)7-2-8-4/h1-2H,(H,7,8)/p+1. The van der Waals surface area contributed by atoms with Crippen LogP contribution in [0.4, 0.5) is 0 Å². The van der Waals surface area contributed by atoms with Crippen molar-refractivity contribution in [2.75, 3.05) is 0 Å². The first-order valence-corrected chi connectivity index (χ1v) is 2.50. The lowest BCUT2D eigenvalue weighted by Gasteiger charge is -1.75. The molecule has 2 rings (SSSR count). The van der Waals surface area contributed by atoms with E-state index < -0.39 is 0 Å². The highest BCUT2D eigenvalue weighted by Gasteiger charge is 2.16. The number of carbonyl (C=O) groups excluding carboxylic acids is 1. The summed E-state index contributed by atoms with van der Waals surface area (Å²) in [6.45, 7) is 0. The second-order valence-electron chi connectivity index (χ2n) is 1.73. The number of nitrogens with one attached hydrogen (secondary N) is 1. The Bertz CT molecular complexity index is 291. The molecule has 1 aliphatic heterocycles. The first-order chi connectivity index (χ1) is 4.38. The number of H-pyrrole nitrogens is 1. The van der Waals surface area contributed by atoms with Crippen molar-refractivity contribution >= 4 is 12.1 Å². The average molecular weight is 122 g/mol. The van der Waals surface area contributed by atoms with Gasteiger partial charge < -0.3 is 4.98 Å². The van der Waals surface area contributed by atoms with Crippen LogP contribution in [-0.4, -0.2) is 22.1 Å². The number of aromatic nitrogens is 2. The molecule has 4 heteroatoms. The van der Waals surface area contributed by atoms with Crippen LogP contribution in [0.15, 0.2) is 11.3 Å². The molecule has 9 heavy (non-hydrogen) atoms. The summed E-state index contributed by atoms with van der Waals surface area (Å²) in [6, 6.07) is 0. The van der Waals surface area contributed by atoms with Gasteiger partial charge in [-0.3, -0.25) is 4.79 Å². The highest BCUT2D eigenvalue weighted by atomic mass is 16.1. The third kappa shape index (κ3) is 0.440. The molecule has 1 aromatic rings. The van der Waals surface area contributed by atoms with Gasteiger partial charge in [-0.1, -0.05) is 0 Å². The van der Waals surface area contributed by atoms with E-state index in [1.807, 2.05) is 0 Å². The molecular formula is C5H4N3O+. The van der Waals surface area contributed by atoms with Gasteiger partial charge in [0.2, 0.25) is 0 Å². The number of fused-ring (bicyclic) bond motifs is 1. The number of imidazole rings is 1. The first kappa shape index (κ1) is 4.43. The molecule has 0 fully saturated rings. The number of aromatic amines is 1. The fourth-order valence-corrected chi connectivity index (χ4v) is 0.757. The molecule has 1 aromatic heterocycles. The Morgan fingerprint density at radius 3 is 3.33 bits per heavy atom. The SMILES string of the molecule is O=C1N=Cc2[nH]cnc21.[H+]. The zero-order chi connectivity index (χ0) is 6.27. The second-order valence-corrected chi connectivity index (χ2v) is 1.73. The van der Waals surface area contributed by atoms with Crippen LogP contribution in [0.1, 0.15) is 17.6 Å². The molecule has 0 bridgehead atoms. The number of hydrogen-bond acceptors (Lipinski definition) is 2. The van der Waals surface area contributed by atoms with Gasteiger partial charge in [0.1, 0.15) is 0 Å². The fourth-order valence-electron chi connectivity index (χ4n) is 0.757. The Labute approximate surface area is 52.1 Å². The molecule has 0 radical (unpaired) electrons. The van der Waals surface area contributed by atoms with Crippen LogP contribution in [0.3, 0.4) is 0 Å². The molecular weight excluding hydrogens is 118 g/mol.